The standard InChI is InChI=1S/C17H16N2O4/c1-21-12-9-11-13(15(23-3)14(12)22-2)18-16(19-17(11)20)10-7-5-4-6-8-10/h4-9H,1-3H3,(H,18,19,20). The molecule has 0 amide bonds. The molecule has 0 saturated carbocycles. The molecule has 6 nitrogen and oxygen atoms in total. The lowest BCUT2D eigenvalue weighted by atomic mass is 10.1. The molecule has 0 aliphatic carbocycles. The van der Waals surface area contributed by atoms with Crippen LogP contribution >= 0.6 is 0 Å². The molecular formula is C17H16N2O4. The molecule has 1 heterocycles. The lowest BCUT2D eigenvalue weighted by Gasteiger charge is -2.14. The van der Waals surface area contributed by atoms with E-state index in [1.54, 1.807) is 6.07 Å². The predicted molar refractivity (Wildman–Crippen MR) is 87.5 cm³/mol. The highest BCUT2D eigenvalue weighted by atomic mass is 16.5. The molecule has 2 aromatic carbocycles. The van der Waals surface area contributed by atoms with Crippen LogP contribution in [0.15, 0.2) is 41.2 Å². The Hall–Kier alpha value is -3.02. The second-order valence-electron chi connectivity index (χ2n) is 4.82. The van der Waals surface area contributed by atoms with E-state index in [1.165, 1.54) is 21.3 Å². The van der Waals surface area contributed by atoms with E-state index in [1.807, 2.05) is 30.3 Å². The maximum atomic E-state index is 12.5. The van der Waals surface area contributed by atoms with Crippen molar-refractivity contribution in [1.29, 1.82) is 0 Å². The second kappa shape index (κ2) is 6.00. The molecule has 1 aromatic heterocycles. The van der Waals surface area contributed by atoms with Crippen LogP contribution in [0.4, 0.5) is 0 Å². The van der Waals surface area contributed by atoms with Gasteiger partial charge >= 0.3 is 0 Å². The first kappa shape index (κ1) is 14.9. The van der Waals surface area contributed by atoms with Crippen LogP contribution in [-0.4, -0.2) is 31.3 Å². The summed E-state index contributed by atoms with van der Waals surface area (Å²) in [6.07, 6.45) is 0. The van der Waals surface area contributed by atoms with E-state index in [0.717, 1.165) is 5.56 Å². The van der Waals surface area contributed by atoms with Crippen molar-refractivity contribution in [2.45, 2.75) is 0 Å². The molecule has 0 bridgehead atoms. The van der Waals surface area contributed by atoms with Crippen molar-refractivity contribution >= 4 is 10.9 Å². The normalized spacial score (nSPS) is 10.6. The highest BCUT2D eigenvalue weighted by Crippen LogP contribution is 2.41. The monoisotopic (exact) mass is 312 g/mol. The number of nitrogens with one attached hydrogen (secondary N) is 1. The van der Waals surface area contributed by atoms with Crippen molar-refractivity contribution in [1.82, 2.24) is 9.97 Å². The molecule has 6 heteroatoms. The molecule has 3 rings (SSSR count). The largest absolute Gasteiger partial charge is 0.493 e. The SMILES string of the molecule is COc1cc2c(=O)[nH]c(-c3ccccc3)nc2c(OC)c1OC. The Kier molecular flexibility index (Phi) is 3.89. The summed E-state index contributed by atoms with van der Waals surface area (Å²) in [5, 5.41) is 0.374. The van der Waals surface area contributed by atoms with Crippen LogP contribution in [0.25, 0.3) is 22.3 Å². The van der Waals surface area contributed by atoms with Gasteiger partial charge in [-0.15, -0.1) is 0 Å². The molecule has 0 aliphatic rings. The highest BCUT2D eigenvalue weighted by molar-refractivity contribution is 5.90. The number of hydrogen-bond acceptors (Lipinski definition) is 5. The lowest BCUT2D eigenvalue weighted by molar-refractivity contribution is 0.327. The Bertz CT molecular complexity index is 904. The summed E-state index contributed by atoms with van der Waals surface area (Å²) in [7, 11) is 4.52. The van der Waals surface area contributed by atoms with E-state index in [4.69, 9.17) is 14.2 Å². The number of methoxy groups -OCH3 is 3. The van der Waals surface area contributed by atoms with E-state index < -0.39 is 0 Å². The molecule has 0 unspecified atom stereocenters. The van der Waals surface area contributed by atoms with Gasteiger partial charge in [-0.05, 0) is 6.07 Å². The summed E-state index contributed by atoms with van der Waals surface area (Å²) >= 11 is 0. The van der Waals surface area contributed by atoms with E-state index in [-0.39, 0.29) is 5.56 Å². The third-order valence-electron chi connectivity index (χ3n) is 3.55. The zero-order chi connectivity index (χ0) is 16.4. The van der Waals surface area contributed by atoms with Gasteiger partial charge in [-0.25, -0.2) is 4.98 Å². The van der Waals surface area contributed by atoms with Gasteiger partial charge in [-0.1, -0.05) is 30.3 Å². The summed E-state index contributed by atoms with van der Waals surface area (Å²) in [4.78, 5) is 19.8. The Morgan fingerprint density at radius 1 is 0.957 bits per heavy atom. The third-order valence-corrected chi connectivity index (χ3v) is 3.55. The van der Waals surface area contributed by atoms with Crippen LogP contribution in [0, 0.1) is 0 Å². The number of aromatic nitrogens is 2. The number of aromatic amines is 1. The quantitative estimate of drug-likeness (QED) is 0.801. The maximum absolute atomic E-state index is 12.5. The van der Waals surface area contributed by atoms with Gasteiger partial charge in [-0.2, -0.15) is 0 Å². The zero-order valence-corrected chi connectivity index (χ0v) is 13.0. The Balaban J connectivity index is 2.37. The molecule has 0 fully saturated rings. The topological polar surface area (TPSA) is 73.4 Å². The molecule has 23 heavy (non-hydrogen) atoms. The molecule has 1 N–H and O–H groups in total. The average molecular weight is 312 g/mol. The fraction of sp³-hybridized carbons (Fsp3) is 0.176. The van der Waals surface area contributed by atoms with Crippen molar-refractivity contribution in [2.75, 3.05) is 21.3 Å². The van der Waals surface area contributed by atoms with E-state index >= 15 is 0 Å². The fourth-order valence-corrected chi connectivity index (χ4v) is 2.47. The number of rotatable bonds is 4. The van der Waals surface area contributed by atoms with E-state index in [0.29, 0.717) is 34.0 Å². The predicted octanol–water partition coefficient (Wildman–Crippen LogP) is 2.62. The van der Waals surface area contributed by atoms with Crippen molar-refractivity contribution in [3.63, 3.8) is 0 Å². The van der Waals surface area contributed by atoms with Gasteiger partial charge in [0.2, 0.25) is 5.75 Å². The van der Waals surface area contributed by atoms with Gasteiger partial charge in [0.15, 0.2) is 11.5 Å². The van der Waals surface area contributed by atoms with Crippen LogP contribution in [0.1, 0.15) is 0 Å². The fourth-order valence-electron chi connectivity index (χ4n) is 2.47. The van der Waals surface area contributed by atoms with Crippen molar-refractivity contribution in [2.24, 2.45) is 0 Å². The van der Waals surface area contributed by atoms with Crippen LogP contribution in [0.5, 0.6) is 17.2 Å². The number of nitrogens with zero attached hydrogens (tertiary/aromatic N) is 1. The minimum atomic E-state index is -0.270. The number of benzene rings is 2. The smallest absolute Gasteiger partial charge is 0.259 e. The van der Waals surface area contributed by atoms with Gasteiger partial charge in [0.25, 0.3) is 5.56 Å². The molecule has 0 aliphatic heterocycles. The minimum absolute atomic E-state index is 0.270. The Labute approximate surface area is 132 Å². The number of hydrogen-bond donors (Lipinski definition) is 1. The minimum Gasteiger partial charge on any atom is -0.493 e. The first-order valence-corrected chi connectivity index (χ1v) is 6.98. The first-order valence-electron chi connectivity index (χ1n) is 6.98. The van der Waals surface area contributed by atoms with Gasteiger partial charge in [0.05, 0.1) is 26.7 Å². The van der Waals surface area contributed by atoms with Gasteiger partial charge in [-0.3, -0.25) is 4.79 Å². The van der Waals surface area contributed by atoms with Crippen LogP contribution in [0.2, 0.25) is 0 Å². The zero-order valence-electron chi connectivity index (χ0n) is 13.0. The second-order valence-corrected chi connectivity index (χ2v) is 4.82. The molecule has 0 radical (unpaired) electrons. The summed E-state index contributed by atoms with van der Waals surface area (Å²) < 4.78 is 16.0. The summed E-state index contributed by atoms with van der Waals surface area (Å²) in [5.74, 6) is 1.65. The number of ether oxygens (including phenoxy) is 3. The first-order chi connectivity index (χ1) is 11.2. The molecule has 3 aromatic rings. The average Bonchev–Trinajstić information content (AvgIpc) is 2.60. The third kappa shape index (κ3) is 2.48. The summed E-state index contributed by atoms with van der Waals surface area (Å²) in [6, 6.07) is 11.0. The van der Waals surface area contributed by atoms with Gasteiger partial charge in [0, 0.05) is 5.56 Å². The molecular weight excluding hydrogens is 296 g/mol. The molecule has 0 spiro atoms. The Morgan fingerprint density at radius 3 is 2.26 bits per heavy atom. The van der Waals surface area contributed by atoms with Gasteiger partial charge < -0.3 is 19.2 Å². The van der Waals surface area contributed by atoms with Crippen LogP contribution < -0.4 is 19.8 Å². The van der Waals surface area contributed by atoms with Crippen molar-refractivity contribution < 1.29 is 14.2 Å². The number of fused-ring (bicyclic) bond motifs is 1. The summed E-state index contributed by atoms with van der Waals surface area (Å²) in [6.45, 7) is 0. The summed E-state index contributed by atoms with van der Waals surface area (Å²) in [5.41, 5.74) is 0.962. The Morgan fingerprint density at radius 2 is 1.65 bits per heavy atom. The molecule has 0 saturated heterocycles. The van der Waals surface area contributed by atoms with E-state index in [2.05, 4.69) is 9.97 Å². The number of H-pyrrole nitrogens is 1. The molecule has 0 atom stereocenters. The van der Waals surface area contributed by atoms with Crippen LogP contribution in [0.3, 0.4) is 0 Å². The van der Waals surface area contributed by atoms with Crippen molar-refractivity contribution in [3.05, 3.63) is 46.8 Å². The highest BCUT2D eigenvalue weighted by Gasteiger charge is 2.19. The van der Waals surface area contributed by atoms with Gasteiger partial charge in [0.1, 0.15) is 11.3 Å². The van der Waals surface area contributed by atoms with Crippen LogP contribution in [-0.2, 0) is 0 Å². The lowest BCUT2D eigenvalue weighted by Crippen LogP contribution is -2.11. The molecule has 118 valence electrons. The van der Waals surface area contributed by atoms with E-state index in [9.17, 15) is 4.79 Å². The maximum Gasteiger partial charge on any atom is 0.259 e. The van der Waals surface area contributed by atoms with Crippen molar-refractivity contribution in [3.8, 4) is 28.6 Å².